The summed E-state index contributed by atoms with van der Waals surface area (Å²) < 4.78 is 6.28. The first kappa shape index (κ1) is 29.9. The SMILES string of the molecule is CC(C)(C)c1ccc(Oc2ccc3cc(C(=O)N4CCC(C(=O)O)(c5ccccc5)CC4)nc(CC4CCCC4)c3c2)cc1. The molecule has 0 radical (unpaired) electrons. The van der Waals surface area contributed by atoms with Gasteiger partial charge in [0.1, 0.15) is 17.2 Å². The number of ether oxygens (including phenoxy) is 1. The zero-order valence-electron chi connectivity index (χ0n) is 26.0. The van der Waals surface area contributed by atoms with Crippen LogP contribution < -0.4 is 4.74 Å². The van der Waals surface area contributed by atoms with Crippen molar-refractivity contribution in [1.29, 1.82) is 0 Å². The Morgan fingerprint density at radius 2 is 1.57 bits per heavy atom. The monoisotopic (exact) mass is 590 g/mol. The molecule has 1 saturated heterocycles. The first-order valence-corrected chi connectivity index (χ1v) is 15.9. The number of aromatic nitrogens is 1. The summed E-state index contributed by atoms with van der Waals surface area (Å²) in [6.07, 6.45) is 6.41. The van der Waals surface area contributed by atoms with E-state index in [2.05, 4.69) is 39.0 Å². The number of carbonyl (C=O) groups is 2. The van der Waals surface area contributed by atoms with Crippen molar-refractivity contribution in [3.05, 3.63) is 101 Å². The number of benzene rings is 3. The van der Waals surface area contributed by atoms with Crippen LogP contribution in [0.5, 0.6) is 11.5 Å². The Morgan fingerprint density at radius 3 is 2.20 bits per heavy atom. The smallest absolute Gasteiger partial charge is 0.314 e. The van der Waals surface area contributed by atoms with E-state index < -0.39 is 11.4 Å². The molecule has 6 rings (SSSR count). The summed E-state index contributed by atoms with van der Waals surface area (Å²) in [5.41, 5.74) is 2.52. The van der Waals surface area contributed by atoms with E-state index in [1.165, 1.54) is 31.2 Å². The highest BCUT2D eigenvalue weighted by molar-refractivity contribution is 5.98. The number of piperidine rings is 1. The van der Waals surface area contributed by atoms with Crippen LogP contribution in [0.4, 0.5) is 0 Å². The van der Waals surface area contributed by atoms with Gasteiger partial charge in [-0.1, -0.05) is 95.0 Å². The molecule has 6 nitrogen and oxygen atoms in total. The van der Waals surface area contributed by atoms with Crippen molar-refractivity contribution in [1.82, 2.24) is 9.88 Å². The first-order chi connectivity index (χ1) is 21.1. The molecule has 1 amide bonds. The number of aliphatic carboxylic acids is 1. The normalized spacial score (nSPS) is 17.1. The van der Waals surface area contributed by atoms with E-state index in [0.29, 0.717) is 37.5 Å². The van der Waals surface area contributed by atoms with Crippen LogP contribution in [0.1, 0.15) is 86.6 Å². The quantitative estimate of drug-likeness (QED) is 0.234. The lowest BCUT2D eigenvalue weighted by molar-refractivity contribution is -0.145. The van der Waals surface area contributed by atoms with Crippen molar-refractivity contribution in [2.45, 2.75) is 76.5 Å². The Labute approximate surface area is 260 Å². The van der Waals surface area contributed by atoms with Gasteiger partial charge >= 0.3 is 5.97 Å². The Bertz CT molecular complexity index is 1640. The second-order valence-corrected chi connectivity index (χ2v) is 13.6. The predicted molar refractivity (Wildman–Crippen MR) is 174 cm³/mol. The Kier molecular flexibility index (Phi) is 8.19. The van der Waals surface area contributed by atoms with Gasteiger partial charge in [-0.2, -0.15) is 0 Å². The van der Waals surface area contributed by atoms with Crippen molar-refractivity contribution in [2.75, 3.05) is 13.1 Å². The van der Waals surface area contributed by atoms with Crippen LogP contribution >= 0.6 is 0 Å². The van der Waals surface area contributed by atoms with Gasteiger partial charge in [0.25, 0.3) is 5.91 Å². The van der Waals surface area contributed by atoms with Crippen LogP contribution in [-0.2, 0) is 22.0 Å². The minimum absolute atomic E-state index is 0.0763. The molecular weight excluding hydrogens is 548 g/mol. The molecule has 2 heterocycles. The maximum absolute atomic E-state index is 13.8. The summed E-state index contributed by atoms with van der Waals surface area (Å²) >= 11 is 0. The second kappa shape index (κ2) is 12.1. The fourth-order valence-corrected chi connectivity index (χ4v) is 6.91. The number of carboxylic acids is 1. The number of hydrogen-bond acceptors (Lipinski definition) is 4. The fourth-order valence-electron chi connectivity index (χ4n) is 6.91. The molecule has 2 aliphatic rings. The van der Waals surface area contributed by atoms with Crippen LogP contribution in [0, 0.1) is 5.92 Å². The molecule has 2 fully saturated rings. The molecule has 228 valence electrons. The van der Waals surface area contributed by atoms with Crippen molar-refractivity contribution in [3.63, 3.8) is 0 Å². The summed E-state index contributed by atoms with van der Waals surface area (Å²) in [6.45, 7) is 7.34. The number of likely N-dealkylation sites (tertiary alicyclic amines) is 1. The van der Waals surface area contributed by atoms with E-state index in [0.717, 1.165) is 39.9 Å². The van der Waals surface area contributed by atoms with Crippen LogP contribution in [0.25, 0.3) is 10.8 Å². The van der Waals surface area contributed by atoms with Gasteiger partial charge < -0.3 is 14.7 Å². The van der Waals surface area contributed by atoms with Gasteiger partial charge in [0.2, 0.25) is 0 Å². The number of hydrogen-bond donors (Lipinski definition) is 1. The van der Waals surface area contributed by atoms with E-state index in [-0.39, 0.29) is 11.3 Å². The number of amides is 1. The second-order valence-electron chi connectivity index (χ2n) is 13.6. The summed E-state index contributed by atoms with van der Waals surface area (Å²) in [6, 6.07) is 25.6. The third kappa shape index (κ3) is 6.08. The van der Waals surface area contributed by atoms with Crippen molar-refractivity contribution < 1.29 is 19.4 Å². The van der Waals surface area contributed by atoms with Crippen molar-refractivity contribution in [3.8, 4) is 11.5 Å². The minimum Gasteiger partial charge on any atom is -0.481 e. The standard InChI is InChI=1S/C38H42N2O4/c1-37(2,3)28-14-17-30(18-15-28)44-31-16-13-27-24-34(39-33(32(27)25-31)23-26-9-7-8-10-26)35(41)40-21-19-38(20-22-40,36(42)43)29-11-5-4-6-12-29/h4-6,11-18,24-26H,7-10,19-23H2,1-3H3,(H,42,43). The molecule has 6 heteroatoms. The third-order valence-electron chi connectivity index (χ3n) is 9.66. The van der Waals surface area contributed by atoms with Gasteiger partial charge in [-0.15, -0.1) is 0 Å². The minimum atomic E-state index is -0.980. The largest absolute Gasteiger partial charge is 0.481 e. The molecule has 0 spiro atoms. The lowest BCUT2D eigenvalue weighted by Crippen LogP contribution is -2.49. The number of pyridine rings is 1. The molecule has 4 aromatic rings. The van der Waals surface area contributed by atoms with Gasteiger partial charge in [0.15, 0.2) is 0 Å². The lowest BCUT2D eigenvalue weighted by Gasteiger charge is -2.39. The molecule has 1 aliphatic carbocycles. The van der Waals surface area contributed by atoms with Gasteiger partial charge in [-0.05, 0) is 77.4 Å². The van der Waals surface area contributed by atoms with Gasteiger partial charge in [-0.3, -0.25) is 9.59 Å². The molecule has 0 bridgehead atoms. The molecule has 1 N–H and O–H groups in total. The number of nitrogens with zero attached hydrogens (tertiary/aromatic N) is 2. The van der Waals surface area contributed by atoms with Crippen LogP contribution in [0.2, 0.25) is 0 Å². The summed E-state index contributed by atoms with van der Waals surface area (Å²) in [5.74, 6) is 1.12. The van der Waals surface area contributed by atoms with Gasteiger partial charge in [0.05, 0.1) is 5.41 Å². The molecule has 1 saturated carbocycles. The number of carboxylic acid groups (broad SMARTS) is 1. The molecule has 3 aromatic carbocycles. The zero-order chi connectivity index (χ0) is 30.9. The van der Waals surface area contributed by atoms with Crippen LogP contribution in [0.3, 0.4) is 0 Å². The van der Waals surface area contributed by atoms with Crippen LogP contribution in [0.15, 0.2) is 78.9 Å². The van der Waals surface area contributed by atoms with Crippen LogP contribution in [-0.4, -0.2) is 40.0 Å². The Morgan fingerprint density at radius 1 is 0.909 bits per heavy atom. The maximum Gasteiger partial charge on any atom is 0.314 e. The Balaban J connectivity index is 1.26. The molecule has 44 heavy (non-hydrogen) atoms. The van der Waals surface area contributed by atoms with Crippen molar-refractivity contribution >= 4 is 22.6 Å². The maximum atomic E-state index is 13.8. The highest BCUT2D eigenvalue weighted by Gasteiger charge is 2.44. The van der Waals surface area contributed by atoms with E-state index >= 15 is 0 Å². The first-order valence-electron chi connectivity index (χ1n) is 15.9. The van der Waals surface area contributed by atoms with E-state index in [4.69, 9.17) is 9.72 Å². The number of rotatable bonds is 7. The topological polar surface area (TPSA) is 79.7 Å². The average molecular weight is 591 g/mol. The highest BCUT2D eigenvalue weighted by atomic mass is 16.5. The highest BCUT2D eigenvalue weighted by Crippen LogP contribution is 2.37. The van der Waals surface area contributed by atoms with E-state index in [9.17, 15) is 14.7 Å². The van der Waals surface area contributed by atoms with E-state index in [1.54, 1.807) is 4.90 Å². The molecule has 1 aromatic heterocycles. The lowest BCUT2D eigenvalue weighted by atomic mass is 9.73. The van der Waals surface area contributed by atoms with Gasteiger partial charge in [-0.25, -0.2) is 4.98 Å². The average Bonchev–Trinajstić information content (AvgIpc) is 3.54. The number of fused-ring (bicyclic) bond motifs is 1. The zero-order valence-corrected chi connectivity index (χ0v) is 26.0. The summed E-state index contributed by atoms with van der Waals surface area (Å²) in [4.78, 5) is 33.1. The summed E-state index contributed by atoms with van der Waals surface area (Å²) in [7, 11) is 0. The molecule has 1 aliphatic heterocycles. The van der Waals surface area contributed by atoms with Gasteiger partial charge in [0, 0.05) is 24.2 Å². The summed E-state index contributed by atoms with van der Waals surface area (Å²) in [5, 5.41) is 12.2. The number of carbonyl (C=O) groups excluding carboxylic acids is 1. The predicted octanol–water partition coefficient (Wildman–Crippen LogP) is 8.32. The fraction of sp³-hybridized carbons (Fsp3) is 0.395. The van der Waals surface area contributed by atoms with E-state index in [1.807, 2.05) is 60.7 Å². The molecule has 0 unspecified atom stereocenters. The molecular formula is C38H42N2O4. The molecule has 0 atom stereocenters. The Hall–Kier alpha value is -4.19. The van der Waals surface area contributed by atoms with Crippen molar-refractivity contribution in [2.24, 2.45) is 5.92 Å². The third-order valence-corrected chi connectivity index (χ3v) is 9.66.